The Morgan fingerprint density at radius 1 is 0.833 bits per heavy atom. The van der Waals surface area contributed by atoms with Crippen LogP contribution >= 0.6 is 23.2 Å². The number of ether oxygens (including phenoxy) is 1. The van der Waals surface area contributed by atoms with Crippen molar-refractivity contribution >= 4 is 40.6 Å². The standard InChI is InChI=1S/C28H20Cl2FN3O2/c29-20-5-1-18(2-6-20)26-17-27(19-3-7-21(30)8-4-19)34(33-26)28(35)32-23-11-15-25(16-12-23)36-24-13-9-22(31)10-14-24/h1-16,27H,17H2,(H,32,35). The molecule has 5 nitrogen and oxygen atoms in total. The average molecular weight is 520 g/mol. The maximum Gasteiger partial charge on any atom is 0.342 e. The number of hydrogen-bond donors (Lipinski definition) is 1. The molecule has 0 spiro atoms. The number of amides is 2. The quantitative estimate of drug-likeness (QED) is 0.288. The summed E-state index contributed by atoms with van der Waals surface area (Å²) in [5.74, 6) is 0.740. The summed E-state index contributed by atoms with van der Waals surface area (Å²) in [6.07, 6.45) is 0.543. The van der Waals surface area contributed by atoms with Crippen molar-refractivity contribution in [2.75, 3.05) is 5.32 Å². The fraction of sp³-hybridized carbons (Fsp3) is 0.0714. The van der Waals surface area contributed by atoms with Crippen LogP contribution in [0.15, 0.2) is 102 Å². The Labute approximate surface area is 217 Å². The fourth-order valence-corrected chi connectivity index (χ4v) is 4.14. The summed E-state index contributed by atoms with van der Waals surface area (Å²) in [5.41, 5.74) is 3.18. The van der Waals surface area contributed by atoms with Gasteiger partial charge in [0.25, 0.3) is 0 Å². The molecule has 5 rings (SSSR count). The van der Waals surface area contributed by atoms with E-state index in [0.29, 0.717) is 33.7 Å². The second-order valence-corrected chi connectivity index (χ2v) is 9.05. The van der Waals surface area contributed by atoms with Gasteiger partial charge < -0.3 is 10.1 Å². The van der Waals surface area contributed by atoms with Gasteiger partial charge in [-0.05, 0) is 83.9 Å². The molecule has 36 heavy (non-hydrogen) atoms. The van der Waals surface area contributed by atoms with E-state index in [0.717, 1.165) is 16.8 Å². The molecule has 1 aliphatic heterocycles. The molecule has 2 amide bonds. The molecule has 1 N–H and O–H groups in total. The van der Waals surface area contributed by atoms with Gasteiger partial charge in [0.2, 0.25) is 0 Å². The molecule has 1 atom stereocenters. The Balaban J connectivity index is 1.34. The first-order chi connectivity index (χ1) is 17.4. The van der Waals surface area contributed by atoms with Gasteiger partial charge in [0.15, 0.2) is 0 Å². The lowest BCUT2D eigenvalue weighted by atomic mass is 9.98. The molecule has 0 radical (unpaired) electrons. The highest BCUT2D eigenvalue weighted by molar-refractivity contribution is 6.31. The number of nitrogens with zero attached hydrogens (tertiary/aromatic N) is 2. The van der Waals surface area contributed by atoms with Crippen molar-refractivity contribution in [2.45, 2.75) is 12.5 Å². The van der Waals surface area contributed by atoms with Crippen LogP contribution in [0.1, 0.15) is 23.6 Å². The highest BCUT2D eigenvalue weighted by atomic mass is 35.5. The van der Waals surface area contributed by atoms with Crippen molar-refractivity contribution in [3.05, 3.63) is 124 Å². The Kier molecular flexibility index (Phi) is 6.89. The molecule has 1 aliphatic rings. The monoisotopic (exact) mass is 519 g/mol. The molecular formula is C28H20Cl2FN3O2. The van der Waals surface area contributed by atoms with Crippen molar-refractivity contribution in [1.82, 2.24) is 5.01 Å². The lowest BCUT2D eigenvalue weighted by Gasteiger charge is -2.22. The Morgan fingerprint density at radius 3 is 2.00 bits per heavy atom. The van der Waals surface area contributed by atoms with Gasteiger partial charge in [0.05, 0.1) is 11.8 Å². The summed E-state index contributed by atoms with van der Waals surface area (Å²) in [7, 11) is 0. The van der Waals surface area contributed by atoms with Gasteiger partial charge >= 0.3 is 6.03 Å². The Morgan fingerprint density at radius 2 is 1.39 bits per heavy atom. The van der Waals surface area contributed by atoms with Crippen molar-refractivity contribution in [3.63, 3.8) is 0 Å². The van der Waals surface area contributed by atoms with Crippen LogP contribution in [0.3, 0.4) is 0 Å². The van der Waals surface area contributed by atoms with Crippen molar-refractivity contribution in [3.8, 4) is 11.5 Å². The first-order valence-electron chi connectivity index (χ1n) is 11.2. The van der Waals surface area contributed by atoms with Gasteiger partial charge in [-0.1, -0.05) is 47.5 Å². The summed E-state index contributed by atoms with van der Waals surface area (Å²) in [4.78, 5) is 13.3. The summed E-state index contributed by atoms with van der Waals surface area (Å²) >= 11 is 12.1. The Bertz CT molecular complexity index is 1390. The average Bonchev–Trinajstić information content (AvgIpc) is 3.33. The lowest BCUT2D eigenvalue weighted by Crippen LogP contribution is -2.31. The zero-order valence-corrected chi connectivity index (χ0v) is 20.4. The van der Waals surface area contributed by atoms with Crippen LogP contribution in [-0.2, 0) is 0 Å². The van der Waals surface area contributed by atoms with Gasteiger partial charge in [0, 0.05) is 22.2 Å². The molecule has 4 aromatic rings. The van der Waals surface area contributed by atoms with E-state index in [9.17, 15) is 9.18 Å². The van der Waals surface area contributed by atoms with E-state index >= 15 is 0 Å². The number of hydrazone groups is 1. The number of nitrogens with one attached hydrogen (secondary N) is 1. The second kappa shape index (κ2) is 10.4. The van der Waals surface area contributed by atoms with E-state index in [1.165, 1.54) is 17.1 Å². The number of carbonyl (C=O) groups is 1. The number of anilines is 1. The van der Waals surface area contributed by atoms with Crippen LogP contribution in [-0.4, -0.2) is 16.8 Å². The van der Waals surface area contributed by atoms with Gasteiger partial charge in [-0.2, -0.15) is 5.10 Å². The van der Waals surface area contributed by atoms with Crippen molar-refractivity contribution < 1.29 is 13.9 Å². The highest BCUT2D eigenvalue weighted by Crippen LogP contribution is 2.34. The van der Waals surface area contributed by atoms with Gasteiger partial charge in [-0.25, -0.2) is 14.2 Å². The van der Waals surface area contributed by atoms with E-state index in [1.54, 1.807) is 60.7 Å². The zero-order chi connectivity index (χ0) is 25.1. The molecule has 1 unspecified atom stereocenters. The normalized spacial score (nSPS) is 14.9. The van der Waals surface area contributed by atoms with Crippen molar-refractivity contribution in [2.24, 2.45) is 5.10 Å². The third kappa shape index (κ3) is 5.51. The predicted molar refractivity (Wildman–Crippen MR) is 141 cm³/mol. The molecule has 0 aliphatic carbocycles. The summed E-state index contributed by atoms with van der Waals surface area (Å²) in [6.45, 7) is 0. The maximum atomic E-state index is 13.3. The molecule has 0 saturated carbocycles. The SMILES string of the molecule is O=C(Nc1ccc(Oc2ccc(F)cc2)cc1)N1N=C(c2ccc(Cl)cc2)CC1c1ccc(Cl)cc1. The number of hydrogen-bond acceptors (Lipinski definition) is 3. The second-order valence-electron chi connectivity index (χ2n) is 8.18. The lowest BCUT2D eigenvalue weighted by molar-refractivity contribution is 0.200. The third-order valence-corrected chi connectivity index (χ3v) is 6.21. The number of halogens is 3. The number of benzene rings is 4. The molecule has 8 heteroatoms. The molecule has 180 valence electrons. The number of urea groups is 1. The molecule has 4 aromatic carbocycles. The number of carbonyl (C=O) groups excluding carboxylic acids is 1. The smallest absolute Gasteiger partial charge is 0.342 e. The first-order valence-corrected chi connectivity index (χ1v) is 11.9. The molecular weight excluding hydrogens is 500 g/mol. The van der Waals surface area contributed by atoms with Crippen LogP contribution in [0.4, 0.5) is 14.9 Å². The van der Waals surface area contributed by atoms with Gasteiger partial charge in [-0.3, -0.25) is 0 Å². The van der Waals surface area contributed by atoms with Crippen LogP contribution in [0.5, 0.6) is 11.5 Å². The fourth-order valence-electron chi connectivity index (χ4n) is 3.88. The van der Waals surface area contributed by atoms with E-state index in [-0.39, 0.29) is 17.9 Å². The first kappa shape index (κ1) is 23.9. The van der Waals surface area contributed by atoms with E-state index in [2.05, 4.69) is 10.4 Å². The van der Waals surface area contributed by atoms with Crippen LogP contribution in [0.25, 0.3) is 0 Å². The van der Waals surface area contributed by atoms with E-state index < -0.39 is 0 Å². The summed E-state index contributed by atoms with van der Waals surface area (Å²) in [5, 5.41) is 10.3. The predicted octanol–water partition coefficient (Wildman–Crippen LogP) is 8.31. The number of rotatable bonds is 5. The maximum absolute atomic E-state index is 13.3. The Hall–Kier alpha value is -3.87. The largest absolute Gasteiger partial charge is 0.457 e. The highest BCUT2D eigenvalue weighted by Gasteiger charge is 2.33. The van der Waals surface area contributed by atoms with Crippen LogP contribution in [0, 0.1) is 5.82 Å². The van der Waals surface area contributed by atoms with E-state index in [4.69, 9.17) is 27.9 Å². The van der Waals surface area contributed by atoms with Crippen LogP contribution < -0.4 is 10.1 Å². The van der Waals surface area contributed by atoms with E-state index in [1.807, 2.05) is 24.3 Å². The molecule has 0 bridgehead atoms. The van der Waals surface area contributed by atoms with Crippen molar-refractivity contribution in [1.29, 1.82) is 0 Å². The molecule has 1 heterocycles. The third-order valence-electron chi connectivity index (χ3n) is 5.71. The van der Waals surface area contributed by atoms with Gasteiger partial charge in [-0.15, -0.1) is 0 Å². The summed E-state index contributed by atoms with van der Waals surface area (Å²) in [6, 6.07) is 26.8. The minimum atomic E-state index is -0.369. The molecule has 0 fully saturated rings. The molecule has 0 aromatic heterocycles. The topological polar surface area (TPSA) is 53.9 Å². The molecule has 0 saturated heterocycles. The minimum absolute atomic E-state index is 0.297. The summed E-state index contributed by atoms with van der Waals surface area (Å²) < 4.78 is 18.8. The van der Waals surface area contributed by atoms with Crippen LogP contribution in [0.2, 0.25) is 10.0 Å². The van der Waals surface area contributed by atoms with Gasteiger partial charge in [0.1, 0.15) is 17.3 Å². The minimum Gasteiger partial charge on any atom is -0.457 e. The zero-order valence-electron chi connectivity index (χ0n) is 18.9.